The van der Waals surface area contributed by atoms with E-state index in [-0.39, 0.29) is 11.8 Å². The number of nitriles is 1. The zero-order valence-corrected chi connectivity index (χ0v) is 18.9. The van der Waals surface area contributed by atoms with E-state index >= 15 is 0 Å². The first-order valence-electron chi connectivity index (χ1n) is 10.3. The van der Waals surface area contributed by atoms with Gasteiger partial charge in [-0.1, -0.05) is 11.6 Å². The van der Waals surface area contributed by atoms with Crippen LogP contribution in [0.1, 0.15) is 28.8 Å². The molecule has 8 nitrogen and oxygen atoms in total. The number of rotatable bonds is 7. The summed E-state index contributed by atoms with van der Waals surface area (Å²) >= 11 is 7.86. The lowest BCUT2D eigenvalue weighted by Crippen LogP contribution is -2.49. The summed E-state index contributed by atoms with van der Waals surface area (Å²) < 4.78 is 14.3. The summed E-state index contributed by atoms with van der Waals surface area (Å²) in [6, 6.07) is 10.0. The van der Waals surface area contributed by atoms with E-state index in [0.29, 0.717) is 41.2 Å². The SMILES string of the molecule is Cc1c(C(=O)N2CC(C#N)C2)cn2nccc(Oc3ccc(NSNC4CC4)c(Cl)c3)c12. The summed E-state index contributed by atoms with van der Waals surface area (Å²) in [5.41, 5.74) is 2.86. The third kappa shape index (κ3) is 4.09. The lowest BCUT2D eigenvalue weighted by atomic mass is 10.0. The maximum atomic E-state index is 12.9. The van der Waals surface area contributed by atoms with Crippen LogP contribution >= 0.6 is 23.7 Å². The standard InChI is InChI=1S/C22H21ClN6O2S/c1-13-17(22(30)28-10-14(9-24)11-28)12-29-21(13)20(6-7-25-29)31-16-4-5-19(18(23)8-16)27-32-26-15-2-3-15/h4-8,12,14-15,26-27H,2-3,10-11H2,1H3. The average Bonchev–Trinajstić information content (AvgIpc) is 3.50. The van der Waals surface area contributed by atoms with Gasteiger partial charge in [-0.25, -0.2) is 9.24 Å². The first kappa shape index (κ1) is 20.9. The van der Waals surface area contributed by atoms with Gasteiger partial charge in [-0.05, 0) is 37.5 Å². The molecule has 0 radical (unpaired) electrons. The Hall–Kier alpha value is -2.93. The van der Waals surface area contributed by atoms with Crippen molar-refractivity contribution in [2.24, 2.45) is 5.92 Å². The van der Waals surface area contributed by atoms with E-state index in [4.69, 9.17) is 21.6 Å². The number of halogens is 1. The van der Waals surface area contributed by atoms with E-state index in [2.05, 4.69) is 20.6 Å². The average molecular weight is 469 g/mol. The molecule has 1 aliphatic heterocycles. The molecule has 1 aromatic carbocycles. The molecule has 1 saturated carbocycles. The van der Waals surface area contributed by atoms with Gasteiger partial charge in [-0.2, -0.15) is 10.4 Å². The second-order valence-electron chi connectivity index (χ2n) is 8.03. The molecule has 1 aliphatic carbocycles. The van der Waals surface area contributed by atoms with Gasteiger partial charge in [0.15, 0.2) is 5.75 Å². The maximum Gasteiger partial charge on any atom is 0.255 e. The van der Waals surface area contributed by atoms with Crippen molar-refractivity contribution in [3.63, 3.8) is 0 Å². The maximum absolute atomic E-state index is 12.9. The van der Waals surface area contributed by atoms with Crippen LogP contribution in [0.4, 0.5) is 5.69 Å². The number of aromatic nitrogens is 2. The molecule has 2 aromatic heterocycles. The molecule has 0 atom stereocenters. The number of carbonyl (C=O) groups excluding carboxylic acids is 1. The quantitative estimate of drug-likeness (QED) is 0.496. The molecule has 0 bridgehead atoms. The van der Waals surface area contributed by atoms with Crippen molar-refractivity contribution >= 4 is 40.8 Å². The number of likely N-dealkylation sites (tertiary alicyclic amines) is 1. The molecule has 164 valence electrons. The third-order valence-corrected chi connectivity index (χ3v) is 6.69. The first-order valence-corrected chi connectivity index (χ1v) is 11.5. The molecule has 10 heteroatoms. The Morgan fingerprint density at radius 2 is 2.16 bits per heavy atom. The number of benzene rings is 1. The number of hydrogen-bond donors (Lipinski definition) is 2. The van der Waals surface area contributed by atoms with Crippen molar-refractivity contribution in [1.82, 2.24) is 19.2 Å². The van der Waals surface area contributed by atoms with Crippen LogP contribution in [0.15, 0.2) is 36.7 Å². The minimum atomic E-state index is -0.0961. The van der Waals surface area contributed by atoms with Crippen LogP contribution in [0, 0.1) is 24.2 Å². The van der Waals surface area contributed by atoms with Crippen LogP contribution in [0.5, 0.6) is 11.5 Å². The number of fused-ring (bicyclic) bond motifs is 1. The van der Waals surface area contributed by atoms with E-state index in [9.17, 15) is 4.79 Å². The Bertz CT molecular complexity index is 1230. The second kappa shape index (κ2) is 8.54. The molecule has 1 amide bonds. The van der Waals surface area contributed by atoms with Crippen LogP contribution in [0.25, 0.3) is 5.52 Å². The molecule has 5 rings (SSSR count). The van der Waals surface area contributed by atoms with E-state index in [1.54, 1.807) is 33.9 Å². The number of nitrogens with zero attached hydrogens (tertiary/aromatic N) is 4. The molecule has 3 aromatic rings. The van der Waals surface area contributed by atoms with Crippen molar-refractivity contribution in [2.75, 3.05) is 17.8 Å². The Morgan fingerprint density at radius 3 is 2.88 bits per heavy atom. The van der Waals surface area contributed by atoms with Gasteiger partial charge in [-0.15, -0.1) is 0 Å². The number of aryl methyl sites for hydroxylation is 1. The van der Waals surface area contributed by atoms with Crippen LogP contribution in [0.2, 0.25) is 5.02 Å². The largest absolute Gasteiger partial charge is 0.455 e. The van der Waals surface area contributed by atoms with Crippen molar-refractivity contribution in [3.8, 4) is 17.6 Å². The third-order valence-electron chi connectivity index (χ3n) is 5.60. The Kier molecular flexibility index (Phi) is 5.59. The van der Waals surface area contributed by atoms with Gasteiger partial charge >= 0.3 is 0 Å². The highest BCUT2D eigenvalue weighted by molar-refractivity contribution is 7.98. The highest BCUT2D eigenvalue weighted by Crippen LogP contribution is 2.35. The van der Waals surface area contributed by atoms with Gasteiger partial charge in [0.05, 0.1) is 34.5 Å². The number of amides is 1. The molecular weight excluding hydrogens is 448 g/mol. The Labute approximate surface area is 194 Å². The van der Waals surface area contributed by atoms with Gasteiger partial charge in [0, 0.05) is 49.6 Å². The molecule has 2 N–H and O–H groups in total. The topological polar surface area (TPSA) is 94.7 Å². The van der Waals surface area contributed by atoms with Gasteiger partial charge < -0.3 is 14.4 Å². The highest BCUT2D eigenvalue weighted by Gasteiger charge is 2.33. The molecular formula is C22H21ClN6O2S. The van der Waals surface area contributed by atoms with Crippen molar-refractivity contribution in [3.05, 3.63) is 52.8 Å². The van der Waals surface area contributed by atoms with Crippen LogP contribution in [-0.2, 0) is 0 Å². The van der Waals surface area contributed by atoms with Crippen LogP contribution < -0.4 is 14.2 Å². The number of carbonyl (C=O) groups is 1. The van der Waals surface area contributed by atoms with Crippen LogP contribution in [-0.4, -0.2) is 39.6 Å². The molecule has 2 fully saturated rings. The second-order valence-corrected chi connectivity index (χ2v) is 9.08. The minimum absolute atomic E-state index is 0.0848. The Morgan fingerprint density at radius 1 is 1.34 bits per heavy atom. The molecule has 0 unspecified atom stereocenters. The predicted octanol–water partition coefficient (Wildman–Crippen LogP) is 4.41. The summed E-state index contributed by atoms with van der Waals surface area (Å²) in [6.45, 7) is 2.80. The molecule has 0 spiro atoms. The van der Waals surface area contributed by atoms with E-state index in [1.165, 1.54) is 25.0 Å². The smallest absolute Gasteiger partial charge is 0.255 e. The van der Waals surface area contributed by atoms with Gasteiger partial charge in [0.2, 0.25) is 0 Å². The molecule has 1 saturated heterocycles. The monoisotopic (exact) mass is 468 g/mol. The Balaban J connectivity index is 1.35. The molecule has 32 heavy (non-hydrogen) atoms. The number of hydrogen-bond acceptors (Lipinski definition) is 7. The fraction of sp³-hybridized carbons (Fsp3) is 0.318. The summed E-state index contributed by atoms with van der Waals surface area (Å²) in [4.78, 5) is 14.5. The van der Waals surface area contributed by atoms with Crippen molar-refractivity contribution in [1.29, 1.82) is 5.26 Å². The van der Waals surface area contributed by atoms with Crippen molar-refractivity contribution in [2.45, 2.75) is 25.8 Å². The lowest BCUT2D eigenvalue weighted by molar-refractivity contribution is 0.0576. The number of anilines is 1. The summed E-state index contributed by atoms with van der Waals surface area (Å²) in [6.07, 6.45) is 5.76. The predicted molar refractivity (Wildman–Crippen MR) is 124 cm³/mol. The summed E-state index contributed by atoms with van der Waals surface area (Å²) in [5, 5.41) is 13.8. The highest BCUT2D eigenvalue weighted by atomic mass is 35.5. The lowest BCUT2D eigenvalue weighted by Gasteiger charge is -2.35. The summed E-state index contributed by atoms with van der Waals surface area (Å²) in [7, 11) is 0. The normalized spacial score (nSPS) is 16.0. The van der Waals surface area contributed by atoms with Crippen LogP contribution in [0.3, 0.4) is 0 Å². The fourth-order valence-electron chi connectivity index (χ4n) is 3.56. The zero-order chi connectivity index (χ0) is 22.2. The van der Waals surface area contributed by atoms with E-state index in [0.717, 1.165) is 16.8 Å². The van der Waals surface area contributed by atoms with Gasteiger partial charge in [0.25, 0.3) is 5.91 Å². The van der Waals surface area contributed by atoms with E-state index in [1.807, 2.05) is 19.1 Å². The minimum Gasteiger partial charge on any atom is -0.455 e. The molecule has 3 heterocycles. The van der Waals surface area contributed by atoms with Crippen molar-refractivity contribution < 1.29 is 9.53 Å². The summed E-state index contributed by atoms with van der Waals surface area (Å²) in [5.74, 6) is 0.984. The molecule has 2 aliphatic rings. The number of nitrogens with one attached hydrogen (secondary N) is 2. The van der Waals surface area contributed by atoms with Gasteiger partial charge in [-0.3, -0.25) is 4.79 Å². The van der Waals surface area contributed by atoms with Gasteiger partial charge in [0.1, 0.15) is 11.3 Å². The fourth-order valence-corrected chi connectivity index (χ4v) is 4.58. The number of ether oxygens (including phenoxy) is 1. The van der Waals surface area contributed by atoms with E-state index < -0.39 is 0 Å². The zero-order valence-electron chi connectivity index (χ0n) is 17.3. The first-order chi connectivity index (χ1) is 15.5.